The van der Waals surface area contributed by atoms with Gasteiger partial charge in [-0.3, -0.25) is 9.78 Å². The molecule has 0 fully saturated rings. The number of carbonyl (C=O) groups is 1. The molecule has 1 aromatic carbocycles. The lowest BCUT2D eigenvalue weighted by molar-refractivity contribution is -0.119. The largest absolute Gasteiger partial charge is 0.356 e. The van der Waals surface area contributed by atoms with Crippen molar-refractivity contribution in [2.75, 3.05) is 22.2 Å². The van der Waals surface area contributed by atoms with Crippen LogP contribution in [0.3, 0.4) is 0 Å². The van der Waals surface area contributed by atoms with Crippen molar-refractivity contribution in [2.45, 2.75) is 32.9 Å². The van der Waals surface area contributed by atoms with Crippen LogP contribution in [0.25, 0.3) is 11.3 Å². The van der Waals surface area contributed by atoms with Gasteiger partial charge in [-0.25, -0.2) is 9.97 Å². The smallest absolute Gasteiger partial charge is 0.249 e. The van der Waals surface area contributed by atoms with Gasteiger partial charge >= 0.3 is 0 Å². The van der Waals surface area contributed by atoms with E-state index in [0.29, 0.717) is 5.95 Å². The zero-order valence-electron chi connectivity index (χ0n) is 17.0. The summed E-state index contributed by atoms with van der Waals surface area (Å²) in [6, 6.07) is 11.6. The third-order valence-electron chi connectivity index (χ3n) is 5.15. The quantitative estimate of drug-likeness (QED) is 0.732. The maximum atomic E-state index is 12.6. The van der Waals surface area contributed by atoms with Gasteiger partial charge in [0, 0.05) is 42.9 Å². The second kappa shape index (κ2) is 7.50. The first-order chi connectivity index (χ1) is 14.0. The molecule has 0 saturated heterocycles. The second-order valence-corrected chi connectivity index (χ2v) is 7.41. The average molecular weight is 388 g/mol. The van der Waals surface area contributed by atoms with Crippen LogP contribution in [0.15, 0.2) is 55.0 Å². The Morgan fingerprint density at radius 3 is 2.66 bits per heavy atom. The minimum absolute atomic E-state index is 0.0967. The number of carbonyl (C=O) groups excluding carboxylic acids is 1. The molecular formula is C22H24N6O. The highest BCUT2D eigenvalue weighted by Crippen LogP contribution is 2.39. The van der Waals surface area contributed by atoms with Gasteiger partial charge in [0.25, 0.3) is 0 Å². The van der Waals surface area contributed by atoms with Crippen LogP contribution in [0.2, 0.25) is 0 Å². The number of aromatic nitrogens is 3. The molecule has 29 heavy (non-hydrogen) atoms. The van der Waals surface area contributed by atoms with E-state index in [2.05, 4.69) is 45.1 Å². The van der Waals surface area contributed by atoms with Crippen molar-refractivity contribution in [2.24, 2.45) is 0 Å². The fourth-order valence-corrected chi connectivity index (χ4v) is 3.77. The van der Waals surface area contributed by atoms with E-state index in [-0.39, 0.29) is 18.0 Å². The summed E-state index contributed by atoms with van der Waals surface area (Å²) in [5, 5.41) is 3.29. The van der Waals surface area contributed by atoms with Crippen molar-refractivity contribution in [3.63, 3.8) is 0 Å². The number of benzene rings is 1. The lowest BCUT2D eigenvalue weighted by atomic mass is 10.0. The van der Waals surface area contributed by atoms with Crippen LogP contribution in [-0.4, -0.2) is 40.0 Å². The topological polar surface area (TPSA) is 74.2 Å². The molecule has 7 heteroatoms. The van der Waals surface area contributed by atoms with Gasteiger partial charge in [0.1, 0.15) is 6.04 Å². The molecule has 0 saturated carbocycles. The van der Waals surface area contributed by atoms with Gasteiger partial charge in [-0.05, 0) is 57.2 Å². The maximum absolute atomic E-state index is 12.6. The van der Waals surface area contributed by atoms with Crippen molar-refractivity contribution in [1.82, 2.24) is 15.0 Å². The number of hydrogen-bond donors (Lipinski definition) is 1. The van der Waals surface area contributed by atoms with Crippen molar-refractivity contribution in [3.8, 4) is 11.3 Å². The number of pyridine rings is 1. The molecule has 1 aliphatic heterocycles. The Labute approximate surface area is 170 Å². The molecule has 0 spiro atoms. The number of amides is 1. The molecule has 4 rings (SSSR count). The summed E-state index contributed by atoms with van der Waals surface area (Å²) >= 11 is 0. The summed E-state index contributed by atoms with van der Waals surface area (Å²) in [5.74, 6) is 0.607. The fraction of sp³-hybridized carbons (Fsp3) is 0.273. The summed E-state index contributed by atoms with van der Waals surface area (Å²) < 4.78 is 0. The lowest BCUT2D eigenvalue weighted by Gasteiger charge is -2.42. The van der Waals surface area contributed by atoms with Gasteiger partial charge in [0.2, 0.25) is 11.9 Å². The molecule has 1 N–H and O–H groups in total. The predicted molar refractivity (Wildman–Crippen MR) is 115 cm³/mol. The predicted octanol–water partition coefficient (Wildman–Crippen LogP) is 3.86. The first-order valence-corrected chi connectivity index (χ1v) is 9.66. The third-order valence-corrected chi connectivity index (χ3v) is 5.15. The molecule has 7 nitrogen and oxygen atoms in total. The van der Waals surface area contributed by atoms with Crippen LogP contribution in [0.5, 0.6) is 0 Å². The molecule has 0 aliphatic carbocycles. The summed E-state index contributed by atoms with van der Waals surface area (Å²) in [6.45, 7) is 6.14. The van der Waals surface area contributed by atoms with Gasteiger partial charge in [0.05, 0.1) is 17.1 Å². The van der Waals surface area contributed by atoms with Crippen LogP contribution >= 0.6 is 0 Å². The van der Waals surface area contributed by atoms with E-state index in [0.717, 1.165) is 28.3 Å². The number of fused-ring (bicyclic) bond motifs is 1. The monoisotopic (exact) mass is 388 g/mol. The Bertz CT molecular complexity index is 1040. The van der Waals surface area contributed by atoms with E-state index >= 15 is 0 Å². The van der Waals surface area contributed by atoms with E-state index in [1.54, 1.807) is 23.5 Å². The third kappa shape index (κ3) is 3.51. The van der Waals surface area contributed by atoms with E-state index in [4.69, 9.17) is 0 Å². The molecule has 0 unspecified atom stereocenters. The number of hydrogen-bond acceptors (Lipinski definition) is 6. The molecule has 148 valence electrons. The van der Waals surface area contributed by atoms with Gasteiger partial charge in [-0.15, -0.1) is 0 Å². The van der Waals surface area contributed by atoms with Crippen LogP contribution in [-0.2, 0) is 4.79 Å². The van der Waals surface area contributed by atoms with Crippen LogP contribution in [0.4, 0.5) is 23.0 Å². The minimum atomic E-state index is -0.215. The van der Waals surface area contributed by atoms with Crippen LogP contribution < -0.4 is 15.1 Å². The summed E-state index contributed by atoms with van der Waals surface area (Å²) in [6.07, 6.45) is 5.24. The van der Waals surface area contributed by atoms with Crippen LogP contribution in [0, 0.1) is 0 Å². The normalized spacial score (nSPS) is 16.2. The lowest BCUT2D eigenvalue weighted by Crippen LogP contribution is -2.53. The van der Waals surface area contributed by atoms with Gasteiger partial charge in [-0.2, -0.15) is 0 Å². The van der Waals surface area contributed by atoms with Crippen molar-refractivity contribution in [3.05, 3.63) is 55.0 Å². The Balaban J connectivity index is 1.67. The van der Waals surface area contributed by atoms with Crippen molar-refractivity contribution < 1.29 is 4.79 Å². The van der Waals surface area contributed by atoms with E-state index in [1.165, 1.54) is 0 Å². The summed E-state index contributed by atoms with van der Waals surface area (Å²) in [4.78, 5) is 29.6. The molecule has 3 heterocycles. The zero-order chi connectivity index (χ0) is 20.5. The minimum Gasteiger partial charge on any atom is -0.356 e. The first-order valence-electron chi connectivity index (χ1n) is 9.66. The average Bonchev–Trinajstić information content (AvgIpc) is 2.73. The number of nitrogens with one attached hydrogen (secondary N) is 1. The molecular weight excluding hydrogens is 364 g/mol. The second-order valence-electron chi connectivity index (χ2n) is 7.41. The van der Waals surface area contributed by atoms with E-state index < -0.39 is 0 Å². The molecule has 2 aromatic heterocycles. The first kappa shape index (κ1) is 18.9. The van der Waals surface area contributed by atoms with Gasteiger partial charge in [-0.1, -0.05) is 0 Å². The van der Waals surface area contributed by atoms with Gasteiger partial charge < -0.3 is 15.1 Å². The highest BCUT2D eigenvalue weighted by molar-refractivity contribution is 6.05. The Kier molecular flexibility index (Phi) is 4.88. The zero-order valence-corrected chi connectivity index (χ0v) is 17.0. The summed E-state index contributed by atoms with van der Waals surface area (Å²) in [7, 11) is 1.82. The molecule has 1 atom stereocenters. The molecule has 0 bridgehead atoms. The number of likely N-dealkylation sites (N-methyl/N-ethyl adjacent to an activating group) is 1. The maximum Gasteiger partial charge on any atom is 0.249 e. The standard InChI is InChI=1S/C22H24N6O/c1-14(2)28-15(3)21(29)27(4)19-8-7-17(12-20(19)28)25-22-24-11-9-18(26-22)16-6-5-10-23-13-16/h5-15H,1-4H3,(H,24,25,26)/t15-/m1/s1. The number of nitrogens with zero attached hydrogens (tertiary/aromatic N) is 5. The summed E-state index contributed by atoms with van der Waals surface area (Å²) in [5.41, 5.74) is 4.52. The molecule has 1 aliphatic rings. The van der Waals surface area contributed by atoms with E-state index in [1.807, 2.05) is 44.3 Å². The molecule has 3 aromatic rings. The Morgan fingerprint density at radius 2 is 1.93 bits per heavy atom. The van der Waals surface area contributed by atoms with Crippen molar-refractivity contribution in [1.29, 1.82) is 0 Å². The number of rotatable bonds is 4. The molecule has 1 amide bonds. The Hall–Kier alpha value is -3.48. The highest BCUT2D eigenvalue weighted by atomic mass is 16.2. The Morgan fingerprint density at radius 1 is 1.10 bits per heavy atom. The van der Waals surface area contributed by atoms with Crippen LogP contribution in [0.1, 0.15) is 20.8 Å². The SMILES string of the molecule is CC(C)N1c2cc(Nc3nccc(-c4cccnc4)n3)ccc2N(C)C(=O)[C@H]1C. The number of anilines is 4. The fourth-order valence-electron chi connectivity index (χ4n) is 3.77. The highest BCUT2D eigenvalue weighted by Gasteiger charge is 2.34. The van der Waals surface area contributed by atoms with Crippen molar-refractivity contribution >= 4 is 28.9 Å². The molecule has 0 radical (unpaired) electrons. The van der Waals surface area contributed by atoms with E-state index in [9.17, 15) is 4.79 Å². The van der Waals surface area contributed by atoms with Gasteiger partial charge in [0.15, 0.2) is 0 Å².